The predicted octanol–water partition coefficient (Wildman–Crippen LogP) is 3.12. The molecule has 3 fully saturated rings. The number of carboxylic acids is 1. The van der Waals surface area contributed by atoms with Gasteiger partial charge in [0.1, 0.15) is 0 Å². The molecule has 0 aromatic carbocycles. The maximum absolute atomic E-state index is 11.3. The topological polar surface area (TPSA) is 46.5 Å². The molecule has 0 bridgehead atoms. The highest BCUT2D eigenvalue weighted by Crippen LogP contribution is 2.50. The minimum Gasteiger partial charge on any atom is -0.481 e. The Labute approximate surface area is 103 Å². The molecular weight excluding hydrogens is 216 g/mol. The van der Waals surface area contributed by atoms with Crippen molar-refractivity contribution in [2.75, 3.05) is 0 Å². The van der Waals surface area contributed by atoms with Gasteiger partial charge in [0.15, 0.2) is 0 Å². The van der Waals surface area contributed by atoms with E-state index in [1.165, 1.54) is 25.7 Å². The lowest BCUT2D eigenvalue weighted by atomic mass is 9.65. The Hall–Kier alpha value is -0.570. The summed E-state index contributed by atoms with van der Waals surface area (Å²) >= 11 is 0. The third kappa shape index (κ3) is 1.88. The van der Waals surface area contributed by atoms with Crippen LogP contribution in [0.2, 0.25) is 0 Å². The zero-order valence-corrected chi connectivity index (χ0v) is 10.4. The van der Waals surface area contributed by atoms with Crippen molar-refractivity contribution in [2.45, 2.75) is 75.9 Å². The highest BCUT2D eigenvalue weighted by molar-refractivity contribution is 5.75. The van der Waals surface area contributed by atoms with Crippen molar-refractivity contribution >= 4 is 5.97 Å². The summed E-state index contributed by atoms with van der Waals surface area (Å²) in [6.45, 7) is 0. The molecule has 2 aliphatic carbocycles. The third-order valence-corrected chi connectivity index (χ3v) is 5.24. The number of aliphatic carboxylic acids is 1. The second-order valence-corrected chi connectivity index (χ2v) is 6.31. The molecule has 0 amide bonds. The predicted molar refractivity (Wildman–Crippen MR) is 63.8 cm³/mol. The van der Waals surface area contributed by atoms with Crippen LogP contribution in [0.15, 0.2) is 0 Å². The van der Waals surface area contributed by atoms with Crippen molar-refractivity contribution in [2.24, 2.45) is 5.41 Å². The zero-order chi connectivity index (χ0) is 11.9. The molecule has 3 rings (SSSR count). The van der Waals surface area contributed by atoms with Gasteiger partial charge in [-0.2, -0.15) is 0 Å². The van der Waals surface area contributed by atoms with Crippen LogP contribution < -0.4 is 0 Å². The monoisotopic (exact) mass is 238 g/mol. The number of carboxylic acid groups (broad SMARTS) is 1. The van der Waals surface area contributed by atoms with Crippen LogP contribution in [-0.4, -0.2) is 22.8 Å². The van der Waals surface area contributed by atoms with Crippen LogP contribution in [0, 0.1) is 5.41 Å². The van der Waals surface area contributed by atoms with Crippen molar-refractivity contribution in [1.29, 1.82) is 0 Å². The maximum atomic E-state index is 11.3. The second kappa shape index (κ2) is 3.98. The summed E-state index contributed by atoms with van der Waals surface area (Å²) in [6.07, 6.45) is 11.0. The summed E-state index contributed by atoms with van der Waals surface area (Å²) in [5.41, 5.74) is -0.289. The highest BCUT2D eigenvalue weighted by Gasteiger charge is 2.49. The van der Waals surface area contributed by atoms with E-state index in [-0.39, 0.29) is 11.7 Å². The molecule has 1 atom stereocenters. The van der Waals surface area contributed by atoms with E-state index in [4.69, 9.17) is 4.74 Å². The number of rotatable bonds is 3. The SMILES string of the molecule is O=C(O)C1(CC2CCC3(CCCC3)O2)CCC1. The summed E-state index contributed by atoms with van der Waals surface area (Å²) < 4.78 is 6.23. The highest BCUT2D eigenvalue weighted by atomic mass is 16.5. The lowest BCUT2D eigenvalue weighted by molar-refractivity contribution is -0.159. The van der Waals surface area contributed by atoms with Gasteiger partial charge in [0.2, 0.25) is 0 Å². The third-order valence-electron chi connectivity index (χ3n) is 5.24. The van der Waals surface area contributed by atoms with Crippen molar-refractivity contribution in [3.63, 3.8) is 0 Å². The molecule has 0 radical (unpaired) electrons. The molecule has 1 saturated heterocycles. The first-order chi connectivity index (χ1) is 8.14. The van der Waals surface area contributed by atoms with E-state index in [0.717, 1.165) is 38.5 Å². The molecule has 0 aromatic heterocycles. The van der Waals surface area contributed by atoms with Crippen molar-refractivity contribution < 1.29 is 14.6 Å². The van der Waals surface area contributed by atoms with Crippen LogP contribution in [0.3, 0.4) is 0 Å². The summed E-state index contributed by atoms with van der Waals surface area (Å²) in [5.74, 6) is -0.597. The minimum absolute atomic E-state index is 0.147. The van der Waals surface area contributed by atoms with Crippen LogP contribution in [0.5, 0.6) is 0 Å². The molecule has 3 heteroatoms. The largest absolute Gasteiger partial charge is 0.481 e. The van der Waals surface area contributed by atoms with Crippen molar-refractivity contribution in [3.8, 4) is 0 Å². The Morgan fingerprint density at radius 2 is 1.82 bits per heavy atom. The molecule has 3 aliphatic rings. The van der Waals surface area contributed by atoms with Gasteiger partial charge in [-0.3, -0.25) is 4.79 Å². The number of hydrogen-bond donors (Lipinski definition) is 1. The van der Waals surface area contributed by atoms with Crippen LogP contribution in [0.4, 0.5) is 0 Å². The first-order valence-electron chi connectivity index (χ1n) is 7.06. The molecule has 0 aromatic rings. The Morgan fingerprint density at radius 3 is 2.35 bits per heavy atom. The minimum atomic E-state index is -0.597. The van der Waals surface area contributed by atoms with Crippen LogP contribution in [-0.2, 0) is 9.53 Å². The van der Waals surface area contributed by atoms with E-state index in [2.05, 4.69) is 0 Å². The summed E-state index contributed by atoms with van der Waals surface area (Å²) in [5, 5.41) is 9.35. The van der Waals surface area contributed by atoms with Gasteiger partial charge in [0, 0.05) is 0 Å². The van der Waals surface area contributed by atoms with Gasteiger partial charge in [0.25, 0.3) is 0 Å². The fraction of sp³-hybridized carbons (Fsp3) is 0.929. The van der Waals surface area contributed by atoms with Crippen LogP contribution >= 0.6 is 0 Å². The molecule has 1 unspecified atom stereocenters. The maximum Gasteiger partial charge on any atom is 0.309 e. The summed E-state index contributed by atoms with van der Waals surface area (Å²) in [7, 11) is 0. The van der Waals surface area contributed by atoms with E-state index < -0.39 is 11.4 Å². The molecule has 3 nitrogen and oxygen atoms in total. The number of carbonyl (C=O) groups is 1. The first kappa shape index (κ1) is 11.5. The fourth-order valence-corrected chi connectivity index (χ4v) is 3.97. The van der Waals surface area contributed by atoms with E-state index in [1.54, 1.807) is 0 Å². The standard InChI is InChI=1S/C14H22O3/c15-12(16)13(5-3-6-13)10-11-4-9-14(17-11)7-1-2-8-14/h11H,1-10H2,(H,15,16). The van der Waals surface area contributed by atoms with E-state index in [0.29, 0.717) is 0 Å². The van der Waals surface area contributed by atoms with Crippen LogP contribution in [0.25, 0.3) is 0 Å². The molecule has 1 N–H and O–H groups in total. The van der Waals surface area contributed by atoms with E-state index in [1.807, 2.05) is 0 Å². The normalized spacial score (nSPS) is 33.8. The van der Waals surface area contributed by atoms with Gasteiger partial charge in [-0.1, -0.05) is 19.3 Å². The van der Waals surface area contributed by atoms with Crippen molar-refractivity contribution in [1.82, 2.24) is 0 Å². The van der Waals surface area contributed by atoms with E-state index in [9.17, 15) is 9.90 Å². The average molecular weight is 238 g/mol. The van der Waals surface area contributed by atoms with Gasteiger partial charge in [-0.25, -0.2) is 0 Å². The van der Waals surface area contributed by atoms with Crippen molar-refractivity contribution in [3.05, 3.63) is 0 Å². The number of hydrogen-bond acceptors (Lipinski definition) is 2. The Balaban J connectivity index is 1.61. The molecule has 17 heavy (non-hydrogen) atoms. The molecule has 1 heterocycles. The summed E-state index contributed by atoms with van der Waals surface area (Å²) in [4.78, 5) is 11.3. The van der Waals surface area contributed by atoms with Gasteiger partial charge in [-0.15, -0.1) is 0 Å². The second-order valence-electron chi connectivity index (χ2n) is 6.31. The smallest absolute Gasteiger partial charge is 0.309 e. The van der Waals surface area contributed by atoms with Gasteiger partial charge in [0.05, 0.1) is 17.1 Å². The number of ether oxygens (including phenoxy) is 1. The van der Waals surface area contributed by atoms with Gasteiger partial charge >= 0.3 is 5.97 Å². The average Bonchev–Trinajstić information content (AvgIpc) is 2.83. The fourth-order valence-electron chi connectivity index (χ4n) is 3.97. The molecule has 96 valence electrons. The van der Waals surface area contributed by atoms with Gasteiger partial charge < -0.3 is 9.84 Å². The molecule has 2 saturated carbocycles. The molecular formula is C14H22O3. The lowest BCUT2D eigenvalue weighted by Crippen LogP contribution is -2.41. The lowest BCUT2D eigenvalue weighted by Gasteiger charge is -2.39. The summed E-state index contributed by atoms with van der Waals surface area (Å²) in [6, 6.07) is 0. The van der Waals surface area contributed by atoms with Crippen LogP contribution in [0.1, 0.15) is 64.2 Å². The zero-order valence-electron chi connectivity index (χ0n) is 10.4. The van der Waals surface area contributed by atoms with E-state index >= 15 is 0 Å². The molecule has 1 aliphatic heterocycles. The Bertz CT molecular complexity index is 313. The quantitative estimate of drug-likeness (QED) is 0.821. The van der Waals surface area contributed by atoms with Gasteiger partial charge in [-0.05, 0) is 44.9 Å². The Morgan fingerprint density at radius 1 is 1.12 bits per heavy atom. The Kier molecular flexibility index (Phi) is 2.69. The molecule has 1 spiro atoms. The first-order valence-corrected chi connectivity index (χ1v) is 7.06.